The molecule has 0 aliphatic heterocycles. The van der Waals surface area contributed by atoms with Gasteiger partial charge in [-0.05, 0) is 117 Å². The summed E-state index contributed by atoms with van der Waals surface area (Å²) in [5.74, 6) is 0.863. The van der Waals surface area contributed by atoms with Crippen LogP contribution in [0.4, 0.5) is 0 Å². The molecule has 0 saturated carbocycles. The second-order valence-corrected chi connectivity index (χ2v) is 18.7. The summed E-state index contributed by atoms with van der Waals surface area (Å²) in [4.78, 5) is 0. The highest BCUT2D eigenvalue weighted by molar-refractivity contribution is 7.95. The minimum absolute atomic E-state index is 0. The fourth-order valence-electron chi connectivity index (χ4n) is 6.61. The Bertz CT molecular complexity index is 2400. The second kappa shape index (κ2) is 26.7. The van der Waals surface area contributed by atoms with Crippen LogP contribution >= 0.6 is 7.26 Å². The molecule has 0 bridgehead atoms. The second-order valence-electron chi connectivity index (χ2n) is 15.2. The van der Waals surface area contributed by atoms with Crippen molar-refractivity contribution in [2.75, 3.05) is 0 Å². The Kier molecular flexibility index (Phi) is 20.8. The van der Waals surface area contributed by atoms with Gasteiger partial charge in [-0.15, -0.1) is 0 Å². The van der Waals surface area contributed by atoms with E-state index >= 15 is 0 Å². The molecule has 0 aliphatic rings. The van der Waals surface area contributed by atoms with Crippen molar-refractivity contribution in [2.24, 2.45) is 0 Å². The highest BCUT2D eigenvalue weighted by Gasteiger charge is 2.45. The van der Waals surface area contributed by atoms with Gasteiger partial charge >= 0.3 is 0 Å². The van der Waals surface area contributed by atoms with Gasteiger partial charge in [0, 0.05) is 0 Å². The first kappa shape index (κ1) is 49.9. The first-order valence-corrected chi connectivity index (χ1v) is 23.1. The lowest BCUT2D eigenvalue weighted by Crippen LogP contribution is -3.00. The fraction of sp³-hybridized carbons (Fsp3) is 0.0847. The number of hydrogen-bond acceptors (Lipinski definition) is 3. The van der Waals surface area contributed by atoms with E-state index < -0.39 is 7.26 Å². The Morgan fingerprint density at radius 3 is 1.02 bits per heavy atom. The Labute approximate surface area is 392 Å². The number of phenolic OH excluding ortho intramolecular Hbond substituents is 3. The van der Waals surface area contributed by atoms with Gasteiger partial charge in [0.15, 0.2) is 0 Å². The molecule has 6 aromatic rings. The quantitative estimate of drug-likeness (QED) is 0.0710. The zero-order chi connectivity index (χ0) is 44.7. The van der Waals surface area contributed by atoms with Crippen LogP contribution in [0.2, 0.25) is 0 Å². The van der Waals surface area contributed by atoms with E-state index in [1.165, 1.54) is 32.6 Å². The average molecular weight is 926 g/mol. The maximum atomic E-state index is 9.72. The van der Waals surface area contributed by atoms with E-state index in [0.29, 0.717) is 5.75 Å². The summed E-state index contributed by atoms with van der Waals surface area (Å²) in [6, 6.07) is 54.5. The lowest BCUT2D eigenvalue weighted by molar-refractivity contribution is -0.0000156. The number of aromatic hydroxyl groups is 3. The molecule has 0 saturated heterocycles. The van der Waals surface area contributed by atoms with E-state index in [-0.39, 0.29) is 28.5 Å². The number of phenols is 3. The van der Waals surface area contributed by atoms with Gasteiger partial charge in [0.2, 0.25) is 0 Å². The fourth-order valence-corrected chi connectivity index (χ4v) is 10.9. The molecule has 0 aliphatic carbocycles. The topological polar surface area (TPSA) is 60.7 Å². The summed E-state index contributed by atoms with van der Waals surface area (Å²) >= 11 is 0. The van der Waals surface area contributed by atoms with Crippen LogP contribution in [0, 0.1) is 0 Å². The molecule has 5 heteroatoms. The Morgan fingerprint density at radius 1 is 0.375 bits per heavy atom. The third-order valence-electron chi connectivity index (χ3n) is 10.1. The number of hydrogen-bond donors (Lipinski definition) is 3. The van der Waals surface area contributed by atoms with E-state index in [4.69, 9.17) is 0 Å². The average Bonchev–Trinajstić information content (AvgIpc) is 3.31. The molecule has 0 heterocycles. The minimum atomic E-state index is -1.87. The van der Waals surface area contributed by atoms with Crippen molar-refractivity contribution >= 4 is 35.3 Å². The Morgan fingerprint density at radius 2 is 0.672 bits per heavy atom. The number of allylic oxidation sites excluding steroid dienone is 16. The highest BCUT2D eigenvalue weighted by atomic mass is 79.9. The molecule has 0 aromatic heterocycles. The van der Waals surface area contributed by atoms with Crippen LogP contribution in [0.5, 0.6) is 17.2 Å². The normalized spacial score (nSPS) is 12.9. The summed E-state index contributed by atoms with van der Waals surface area (Å²) in [6.45, 7) is 8.27. The minimum Gasteiger partial charge on any atom is -1.00 e. The summed E-state index contributed by atoms with van der Waals surface area (Å²) in [5.41, 5.74) is 7.96. The highest BCUT2D eigenvalue weighted by Crippen LogP contribution is 2.58. The molecular formula is C59H58BrO3P. The Hall–Kier alpha value is -6.71. The standard InChI is InChI=1S/C34H36O2.C25H21OP.BrH/c1-27(11-7-13-29(3)15-17-31-19-23-33(35)24-20-31)9-5-6-10-28(2)12-8-14-30(4)16-18-32-21-25-34(36)26-22-32;26-22-18-16-21(17-19-22)20-27(23-10-4-1-5-11-23,24-12-6-2-7-13-24)25-14-8-3-9-15-25;/h5-26,35-36H,1-4H3;1-19H,20H2;1H/b6-5+,11-7+,12-8+,17-15+,18-16+,27-9+,28-10+,29-13+,30-14+;;. The molecule has 3 nitrogen and oxygen atoms in total. The molecule has 64 heavy (non-hydrogen) atoms. The van der Waals surface area contributed by atoms with Gasteiger partial charge in [-0.1, -0.05) is 198 Å². The van der Waals surface area contributed by atoms with E-state index in [2.05, 4.69) is 167 Å². The Balaban J connectivity index is 0.000000286. The van der Waals surface area contributed by atoms with E-state index in [9.17, 15) is 15.3 Å². The van der Waals surface area contributed by atoms with Crippen LogP contribution in [0.1, 0.15) is 44.4 Å². The summed E-state index contributed by atoms with van der Waals surface area (Å²) in [7, 11) is -1.87. The van der Waals surface area contributed by atoms with Crippen LogP contribution in [0.3, 0.4) is 0 Å². The van der Waals surface area contributed by atoms with E-state index in [1.54, 1.807) is 36.4 Å². The van der Waals surface area contributed by atoms with Gasteiger partial charge in [-0.3, -0.25) is 0 Å². The van der Waals surface area contributed by atoms with Crippen molar-refractivity contribution < 1.29 is 32.3 Å². The first-order chi connectivity index (χ1) is 30.6. The van der Waals surface area contributed by atoms with Crippen LogP contribution < -0.4 is 32.9 Å². The summed E-state index contributed by atoms with van der Waals surface area (Å²) < 4.78 is 0. The van der Waals surface area contributed by atoms with Crippen molar-refractivity contribution in [3.63, 3.8) is 0 Å². The predicted octanol–water partition coefficient (Wildman–Crippen LogP) is 11.2. The van der Waals surface area contributed by atoms with Crippen LogP contribution in [0.15, 0.2) is 259 Å². The molecular weight excluding hydrogens is 868 g/mol. The smallest absolute Gasteiger partial charge is 0.116 e. The lowest BCUT2D eigenvalue weighted by Gasteiger charge is -2.27. The van der Waals surface area contributed by atoms with Crippen molar-refractivity contribution in [1.82, 2.24) is 0 Å². The van der Waals surface area contributed by atoms with Gasteiger partial charge in [0.25, 0.3) is 0 Å². The van der Waals surface area contributed by atoms with Crippen LogP contribution in [0.25, 0.3) is 12.2 Å². The molecule has 0 spiro atoms. The molecule has 0 fully saturated rings. The van der Waals surface area contributed by atoms with Crippen molar-refractivity contribution in [3.8, 4) is 17.2 Å². The molecule has 6 aromatic carbocycles. The molecule has 0 atom stereocenters. The van der Waals surface area contributed by atoms with E-state index in [1.807, 2.05) is 72.9 Å². The maximum Gasteiger partial charge on any atom is 0.116 e. The summed E-state index contributed by atoms with van der Waals surface area (Å²) in [6.07, 6.45) is 29.7. The number of halogens is 1. The molecule has 6 rings (SSSR count). The van der Waals surface area contributed by atoms with E-state index in [0.717, 1.165) is 28.4 Å². The maximum absolute atomic E-state index is 9.72. The largest absolute Gasteiger partial charge is 1.00 e. The molecule has 0 radical (unpaired) electrons. The first-order valence-electron chi connectivity index (χ1n) is 21.1. The molecule has 0 amide bonds. The van der Waals surface area contributed by atoms with Gasteiger partial charge in [-0.25, -0.2) is 0 Å². The molecule has 324 valence electrons. The van der Waals surface area contributed by atoms with Crippen molar-refractivity contribution in [1.29, 1.82) is 0 Å². The molecule has 0 unspecified atom stereocenters. The van der Waals surface area contributed by atoms with Gasteiger partial charge in [0.1, 0.15) is 40.4 Å². The zero-order valence-electron chi connectivity index (χ0n) is 37.0. The molecule has 3 N–H and O–H groups in total. The predicted molar refractivity (Wildman–Crippen MR) is 274 cm³/mol. The van der Waals surface area contributed by atoms with Crippen LogP contribution in [-0.4, -0.2) is 15.3 Å². The van der Waals surface area contributed by atoms with Gasteiger partial charge in [-0.2, -0.15) is 0 Å². The zero-order valence-corrected chi connectivity index (χ0v) is 39.5. The third-order valence-corrected chi connectivity index (χ3v) is 14.5. The lowest BCUT2D eigenvalue weighted by atomic mass is 10.1. The third kappa shape index (κ3) is 16.5. The SMILES string of the molecule is CC(/C=C/C=C(C)/C=C/c1ccc(O)cc1)=C\C=C\C=C(C)\C=C\C=C(C)\C=C\c1ccc(O)cc1.Oc1ccc(C[P+](c2ccccc2)(c2ccccc2)c2ccccc2)cc1.[Br-]. The van der Waals surface area contributed by atoms with Crippen molar-refractivity contribution in [3.05, 3.63) is 276 Å². The monoisotopic (exact) mass is 924 g/mol. The van der Waals surface area contributed by atoms with Crippen LogP contribution in [-0.2, 0) is 6.16 Å². The van der Waals surface area contributed by atoms with Gasteiger partial charge < -0.3 is 32.3 Å². The number of benzene rings is 6. The number of rotatable bonds is 15. The van der Waals surface area contributed by atoms with Gasteiger partial charge in [0.05, 0.1) is 6.16 Å². The summed E-state index contributed by atoms with van der Waals surface area (Å²) in [5, 5.41) is 32.5. The van der Waals surface area contributed by atoms with Crippen molar-refractivity contribution in [2.45, 2.75) is 33.9 Å².